The zero-order valence-corrected chi connectivity index (χ0v) is 16.8. The third-order valence-corrected chi connectivity index (χ3v) is 3.89. The van der Waals surface area contributed by atoms with Crippen molar-refractivity contribution in [1.82, 2.24) is 5.06 Å². The van der Waals surface area contributed by atoms with E-state index in [0.717, 1.165) is 10.6 Å². The van der Waals surface area contributed by atoms with Gasteiger partial charge >= 0.3 is 12.0 Å². The normalized spacial score (nSPS) is 10.2. The Morgan fingerprint density at radius 3 is 2.48 bits per heavy atom. The largest absolute Gasteiger partial charge is 0.493 e. The number of esters is 1. The molecule has 0 atom stereocenters. The van der Waals surface area contributed by atoms with Crippen LogP contribution in [0.3, 0.4) is 0 Å². The highest BCUT2D eigenvalue weighted by Gasteiger charge is 2.08. The molecule has 0 spiro atoms. The number of nitrogens with zero attached hydrogens (tertiary/aromatic N) is 1. The van der Waals surface area contributed by atoms with E-state index in [1.807, 2.05) is 18.2 Å². The van der Waals surface area contributed by atoms with Crippen LogP contribution in [0.15, 0.2) is 48.5 Å². The minimum absolute atomic E-state index is 0.108. The number of amides is 2. The molecular weight excluding hydrogens is 376 g/mol. The van der Waals surface area contributed by atoms with E-state index in [2.05, 4.69) is 5.32 Å². The maximum Gasteiger partial charge on any atom is 0.345 e. The van der Waals surface area contributed by atoms with E-state index in [0.29, 0.717) is 36.8 Å². The molecule has 0 radical (unpaired) electrons. The van der Waals surface area contributed by atoms with E-state index in [1.165, 1.54) is 14.2 Å². The Hall–Kier alpha value is -3.26. The molecule has 0 saturated heterocycles. The summed E-state index contributed by atoms with van der Waals surface area (Å²) in [6.45, 7) is 2.45. The van der Waals surface area contributed by atoms with Gasteiger partial charge in [0.1, 0.15) is 11.5 Å². The average molecular weight is 402 g/mol. The van der Waals surface area contributed by atoms with Gasteiger partial charge in [-0.25, -0.2) is 14.7 Å². The third kappa shape index (κ3) is 7.71. The second kappa shape index (κ2) is 11.6. The van der Waals surface area contributed by atoms with E-state index in [-0.39, 0.29) is 12.6 Å². The van der Waals surface area contributed by atoms with Gasteiger partial charge in [0.05, 0.1) is 20.3 Å². The van der Waals surface area contributed by atoms with Crippen molar-refractivity contribution >= 4 is 17.7 Å². The highest BCUT2D eigenvalue weighted by atomic mass is 16.7. The van der Waals surface area contributed by atoms with Gasteiger partial charge in [-0.15, -0.1) is 0 Å². The monoisotopic (exact) mass is 402 g/mol. The van der Waals surface area contributed by atoms with Crippen molar-refractivity contribution in [3.05, 3.63) is 54.1 Å². The van der Waals surface area contributed by atoms with Gasteiger partial charge < -0.3 is 19.5 Å². The molecule has 156 valence electrons. The Bertz CT molecular complexity index is 794. The van der Waals surface area contributed by atoms with Gasteiger partial charge in [-0.3, -0.25) is 4.84 Å². The van der Waals surface area contributed by atoms with Crippen LogP contribution in [0.25, 0.3) is 0 Å². The minimum Gasteiger partial charge on any atom is -0.493 e. The molecular formula is C21H26N2O6. The number of ether oxygens (including phenoxy) is 3. The first kappa shape index (κ1) is 22.0. The van der Waals surface area contributed by atoms with Crippen molar-refractivity contribution in [3.63, 3.8) is 0 Å². The van der Waals surface area contributed by atoms with Crippen molar-refractivity contribution in [2.75, 3.05) is 39.3 Å². The fraction of sp³-hybridized carbons (Fsp3) is 0.333. The summed E-state index contributed by atoms with van der Waals surface area (Å²) in [5, 5.41) is 3.80. The summed E-state index contributed by atoms with van der Waals surface area (Å²) in [7, 11) is 2.93. The standard InChI is InChI=1S/C21H26N2O6/c1-4-27-20(24)15-29-18-10-8-16(9-11-18)12-13-28-19-7-5-6-17(14-19)22-21(25)23(2)26-3/h5-11,14H,4,12-13,15H2,1-3H3,(H,22,25). The summed E-state index contributed by atoms with van der Waals surface area (Å²) < 4.78 is 15.9. The summed E-state index contributed by atoms with van der Waals surface area (Å²) >= 11 is 0. The number of carbonyl (C=O) groups excluding carboxylic acids is 2. The molecule has 2 aromatic carbocycles. The SMILES string of the molecule is CCOC(=O)COc1ccc(CCOc2cccc(NC(=O)N(C)OC)c2)cc1. The van der Waals surface area contributed by atoms with E-state index in [9.17, 15) is 9.59 Å². The van der Waals surface area contributed by atoms with Crippen molar-refractivity contribution in [1.29, 1.82) is 0 Å². The topological polar surface area (TPSA) is 86.3 Å². The fourth-order valence-corrected chi connectivity index (χ4v) is 2.33. The van der Waals surface area contributed by atoms with Gasteiger partial charge in [0, 0.05) is 25.2 Å². The van der Waals surface area contributed by atoms with Crippen LogP contribution < -0.4 is 14.8 Å². The summed E-state index contributed by atoms with van der Waals surface area (Å²) in [6, 6.07) is 14.2. The Morgan fingerprint density at radius 2 is 1.79 bits per heavy atom. The first-order valence-electron chi connectivity index (χ1n) is 9.21. The summed E-state index contributed by atoms with van der Waals surface area (Å²) in [6.07, 6.45) is 0.696. The molecule has 1 N–H and O–H groups in total. The first-order chi connectivity index (χ1) is 14.0. The van der Waals surface area contributed by atoms with Crippen LogP contribution in [0.1, 0.15) is 12.5 Å². The van der Waals surface area contributed by atoms with Crippen molar-refractivity contribution in [3.8, 4) is 11.5 Å². The van der Waals surface area contributed by atoms with Crippen LogP contribution in [0, 0.1) is 0 Å². The molecule has 2 rings (SSSR count). The number of hydrogen-bond acceptors (Lipinski definition) is 6. The van der Waals surface area contributed by atoms with Crippen molar-refractivity contribution in [2.24, 2.45) is 0 Å². The molecule has 0 aromatic heterocycles. The Kier molecular flexibility index (Phi) is 8.78. The molecule has 0 aliphatic heterocycles. The molecule has 0 saturated carbocycles. The lowest BCUT2D eigenvalue weighted by molar-refractivity contribution is -0.145. The van der Waals surface area contributed by atoms with E-state index in [1.54, 1.807) is 37.3 Å². The predicted molar refractivity (Wildman–Crippen MR) is 108 cm³/mol. The van der Waals surface area contributed by atoms with Crippen LogP contribution in [0.2, 0.25) is 0 Å². The van der Waals surface area contributed by atoms with Crippen molar-refractivity contribution in [2.45, 2.75) is 13.3 Å². The second-order valence-corrected chi connectivity index (χ2v) is 5.97. The van der Waals surface area contributed by atoms with E-state index in [4.69, 9.17) is 19.0 Å². The zero-order valence-electron chi connectivity index (χ0n) is 16.8. The molecule has 8 heteroatoms. The molecule has 0 unspecified atom stereocenters. The first-order valence-corrected chi connectivity index (χ1v) is 9.21. The Labute approximate surface area is 170 Å². The highest BCUT2D eigenvalue weighted by molar-refractivity contribution is 5.88. The molecule has 0 aliphatic rings. The fourth-order valence-electron chi connectivity index (χ4n) is 2.33. The average Bonchev–Trinajstić information content (AvgIpc) is 2.73. The lowest BCUT2D eigenvalue weighted by atomic mass is 10.1. The summed E-state index contributed by atoms with van der Waals surface area (Å²) in [4.78, 5) is 27.9. The maximum absolute atomic E-state index is 11.8. The molecule has 0 bridgehead atoms. The molecule has 2 aromatic rings. The van der Waals surface area contributed by atoms with Crippen LogP contribution in [0.5, 0.6) is 11.5 Å². The molecule has 0 fully saturated rings. The maximum atomic E-state index is 11.8. The molecule has 29 heavy (non-hydrogen) atoms. The quantitative estimate of drug-likeness (QED) is 0.485. The Morgan fingerprint density at radius 1 is 1.03 bits per heavy atom. The van der Waals surface area contributed by atoms with Gasteiger partial charge in [0.15, 0.2) is 6.61 Å². The van der Waals surface area contributed by atoms with Crippen LogP contribution >= 0.6 is 0 Å². The molecule has 2 amide bonds. The second-order valence-electron chi connectivity index (χ2n) is 5.97. The number of hydrogen-bond donors (Lipinski definition) is 1. The van der Waals surface area contributed by atoms with Gasteiger partial charge in [-0.2, -0.15) is 0 Å². The lowest BCUT2D eigenvalue weighted by Gasteiger charge is -2.15. The Balaban J connectivity index is 1.79. The van der Waals surface area contributed by atoms with Gasteiger partial charge in [0.2, 0.25) is 0 Å². The van der Waals surface area contributed by atoms with Crippen molar-refractivity contribution < 1.29 is 28.6 Å². The smallest absolute Gasteiger partial charge is 0.345 e. The van der Waals surface area contributed by atoms with Gasteiger partial charge in [0.25, 0.3) is 0 Å². The number of anilines is 1. The highest BCUT2D eigenvalue weighted by Crippen LogP contribution is 2.18. The van der Waals surface area contributed by atoms with Crippen LogP contribution in [-0.4, -0.2) is 51.0 Å². The van der Waals surface area contributed by atoms with Crippen LogP contribution in [0.4, 0.5) is 10.5 Å². The number of urea groups is 1. The zero-order chi connectivity index (χ0) is 21.1. The summed E-state index contributed by atoms with van der Waals surface area (Å²) in [5.41, 5.74) is 1.68. The molecule has 8 nitrogen and oxygen atoms in total. The van der Waals surface area contributed by atoms with E-state index < -0.39 is 5.97 Å². The number of nitrogens with one attached hydrogen (secondary N) is 1. The minimum atomic E-state index is -0.391. The number of carbonyl (C=O) groups is 2. The lowest BCUT2D eigenvalue weighted by Crippen LogP contribution is -2.30. The van der Waals surface area contributed by atoms with Gasteiger partial charge in [-0.1, -0.05) is 18.2 Å². The molecule has 0 heterocycles. The predicted octanol–water partition coefficient (Wildman–Crippen LogP) is 3.28. The van der Waals surface area contributed by atoms with Gasteiger partial charge in [-0.05, 0) is 36.8 Å². The summed E-state index contributed by atoms with van der Waals surface area (Å²) in [5.74, 6) is 0.863. The number of benzene rings is 2. The third-order valence-electron chi connectivity index (χ3n) is 3.89. The molecule has 0 aliphatic carbocycles. The van der Waals surface area contributed by atoms with Crippen LogP contribution in [-0.2, 0) is 20.8 Å². The van der Waals surface area contributed by atoms with E-state index >= 15 is 0 Å². The number of rotatable bonds is 10. The number of hydroxylamine groups is 2.